The van der Waals surface area contributed by atoms with Gasteiger partial charge in [0.2, 0.25) is 11.8 Å². The lowest BCUT2D eigenvalue weighted by Gasteiger charge is -2.27. The Morgan fingerprint density at radius 2 is 2.22 bits per heavy atom. The van der Waals surface area contributed by atoms with Crippen LogP contribution in [0.1, 0.15) is 31.7 Å². The number of aromatic nitrogens is 5. The molecular formula is C18H19N7O2. The normalized spacial score (nSPS) is 19.6. The topological polar surface area (TPSA) is 122 Å². The van der Waals surface area contributed by atoms with Gasteiger partial charge >= 0.3 is 5.69 Å². The van der Waals surface area contributed by atoms with Gasteiger partial charge in [-0.2, -0.15) is 10.2 Å². The van der Waals surface area contributed by atoms with Crippen LogP contribution in [0.15, 0.2) is 29.3 Å². The quantitative estimate of drug-likeness (QED) is 0.728. The van der Waals surface area contributed by atoms with Crippen molar-refractivity contribution < 1.29 is 4.74 Å². The number of ether oxygens (including phenoxy) is 1. The third-order valence-corrected chi connectivity index (χ3v) is 4.90. The molecule has 138 valence electrons. The number of aromatic amines is 1. The zero-order valence-corrected chi connectivity index (χ0v) is 14.8. The van der Waals surface area contributed by atoms with Crippen molar-refractivity contribution in [2.45, 2.75) is 31.7 Å². The number of pyridine rings is 1. The number of nitriles is 1. The fourth-order valence-electron chi connectivity index (χ4n) is 3.62. The first-order valence-electron chi connectivity index (χ1n) is 8.84. The lowest BCUT2D eigenvalue weighted by atomic mass is 9.85. The molecule has 2 N–H and O–H groups in total. The van der Waals surface area contributed by atoms with Gasteiger partial charge in [-0.25, -0.2) is 14.8 Å². The van der Waals surface area contributed by atoms with Gasteiger partial charge in [-0.15, -0.1) is 0 Å². The fraction of sp³-hybridized carbons (Fsp3) is 0.389. The van der Waals surface area contributed by atoms with E-state index in [1.165, 1.54) is 7.11 Å². The molecule has 0 bridgehead atoms. The molecule has 4 rings (SSSR count). The highest BCUT2D eigenvalue weighted by molar-refractivity contribution is 5.72. The van der Waals surface area contributed by atoms with E-state index in [1.807, 2.05) is 0 Å². The first-order valence-corrected chi connectivity index (χ1v) is 8.84. The third kappa shape index (κ3) is 3.10. The standard InChI is InChI=1S/C18H19N7O2/c1-27-16-12(6-4-8-20-16)22-17-21-10-13-15(24-17)25(18(26)23-13)14-7-3-2-5-11(14)9-19/h4,6,8,10-11,14H,2-3,5,7H2,1H3,(H,23,26)(H,21,22,24)/t11-,14-/m0/s1. The maximum absolute atomic E-state index is 12.5. The third-order valence-electron chi connectivity index (χ3n) is 4.90. The van der Waals surface area contributed by atoms with Crippen LogP contribution in [0.2, 0.25) is 0 Å². The zero-order valence-electron chi connectivity index (χ0n) is 14.8. The van der Waals surface area contributed by atoms with E-state index in [4.69, 9.17) is 4.74 Å². The molecule has 1 fully saturated rings. The summed E-state index contributed by atoms with van der Waals surface area (Å²) in [4.78, 5) is 28.3. The highest BCUT2D eigenvalue weighted by Gasteiger charge is 2.29. The number of H-pyrrole nitrogens is 1. The minimum absolute atomic E-state index is 0.180. The summed E-state index contributed by atoms with van der Waals surface area (Å²) >= 11 is 0. The van der Waals surface area contributed by atoms with Gasteiger partial charge in [-0.3, -0.25) is 4.57 Å². The summed E-state index contributed by atoms with van der Waals surface area (Å²) in [5.41, 5.74) is 1.40. The summed E-state index contributed by atoms with van der Waals surface area (Å²) in [5, 5.41) is 12.6. The molecular weight excluding hydrogens is 346 g/mol. The predicted molar refractivity (Wildman–Crippen MR) is 98.8 cm³/mol. The van der Waals surface area contributed by atoms with Crippen LogP contribution in [0.3, 0.4) is 0 Å². The average Bonchev–Trinajstić information content (AvgIpc) is 3.03. The number of rotatable bonds is 4. The lowest BCUT2D eigenvalue weighted by molar-refractivity contribution is 0.289. The second-order valence-corrected chi connectivity index (χ2v) is 6.50. The monoisotopic (exact) mass is 365 g/mol. The van der Waals surface area contributed by atoms with E-state index < -0.39 is 0 Å². The van der Waals surface area contributed by atoms with Gasteiger partial charge in [0, 0.05) is 6.20 Å². The van der Waals surface area contributed by atoms with E-state index in [-0.39, 0.29) is 17.6 Å². The van der Waals surface area contributed by atoms with Crippen LogP contribution in [0.25, 0.3) is 11.2 Å². The summed E-state index contributed by atoms with van der Waals surface area (Å²) in [6.45, 7) is 0. The van der Waals surface area contributed by atoms with Gasteiger partial charge < -0.3 is 15.0 Å². The first kappa shape index (κ1) is 17.0. The van der Waals surface area contributed by atoms with Crippen molar-refractivity contribution >= 4 is 22.8 Å². The molecule has 0 aromatic carbocycles. The largest absolute Gasteiger partial charge is 0.480 e. The first-order chi connectivity index (χ1) is 13.2. The summed E-state index contributed by atoms with van der Waals surface area (Å²) < 4.78 is 6.84. The van der Waals surface area contributed by atoms with Crippen molar-refractivity contribution in [1.82, 2.24) is 24.5 Å². The van der Waals surface area contributed by atoms with Crippen LogP contribution in [-0.4, -0.2) is 31.6 Å². The van der Waals surface area contributed by atoms with E-state index in [2.05, 4.69) is 31.3 Å². The maximum Gasteiger partial charge on any atom is 0.328 e. The Balaban J connectivity index is 1.76. The molecule has 0 spiro atoms. The molecule has 9 nitrogen and oxygen atoms in total. The highest BCUT2D eigenvalue weighted by atomic mass is 16.5. The molecule has 9 heteroatoms. The van der Waals surface area contributed by atoms with Crippen LogP contribution in [0.4, 0.5) is 11.6 Å². The van der Waals surface area contributed by atoms with Crippen molar-refractivity contribution in [3.63, 3.8) is 0 Å². The van der Waals surface area contributed by atoms with E-state index in [0.717, 1.165) is 25.7 Å². The Morgan fingerprint density at radius 1 is 1.37 bits per heavy atom. The van der Waals surface area contributed by atoms with Gasteiger partial charge in [0.25, 0.3) is 0 Å². The Morgan fingerprint density at radius 3 is 3.04 bits per heavy atom. The number of fused-ring (bicyclic) bond motifs is 1. The van der Waals surface area contributed by atoms with Crippen molar-refractivity contribution in [1.29, 1.82) is 5.26 Å². The summed E-state index contributed by atoms with van der Waals surface area (Å²) in [7, 11) is 1.53. The molecule has 27 heavy (non-hydrogen) atoms. The molecule has 1 saturated carbocycles. The zero-order chi connectivity index (χ0) is 18.8. The van der Waals surface area contributed by atoms with Gasteiger partial charge in [-0.05, 0) is 25.0 Å². The second-order valence-electron chi connectivity index (χ2n) is 6.50. The molecule has 0 radical (unpaired) electrons. The minimum atomic E-state index is -0.262. The van der Waals surface area contributed by atoms with Gasteiger partial charge in [0.1, 0.15) is 11.2 Å². The van der Waals surface area contributed by atoms with Gasteiger partial charge in [-0.1, -0.05) is 12.8 Å². The number of hydrogen-bond donors (Lipinski definition) is 2. The molecule has 3 heterocycles. The lowest BCUT2D eigenvalue weighted by Crippen LogP contribution is -2.29. The van der Waals surface area contributed by atoms with E-state index in [0.29, 0.717) is 28.7 Å². The second kappa shape index (κ2) is 7.07. The predicted octanol–water partition coefficient (Wildman–Crippen LogP) is 2.52. The molecule has 3 aromatic rings. The molecule has 2 atom stereocenters. The van der Waals surface area contributed by atoms with Crippen molar-refractivity contribution in [3.8, 4) is 11.9 Å². The Kier molecular flexibility index (Phi) is 4.46. The molecule has 0 amide bonds. The molecule has 1 aliphatic rings. The number of hydrogen-bond acceptors (Lipinski definition) is 7. The SMILES string of the molecule is COc1ncccc1Nc1ncc2[nH]c(=O)n([C@H]3CCCC[C@H]3C#N)c2n1. The molecule has 3 aromatic heterocycles. The van der Waals surface area contributed by atoms with Crippen LogP contribution in [0.5, 0.6) is 5.88 Å². The number of nitrogens with zero attached hydrogens (tertiary/aromatic N) is 5. The van der Waals surface area contributed by atoms with Crippen LogP contribution < -0.4 is 15.7 Å². The van der Waals surface area contributed by atoms with Gasteiger partial charge in [0.15, 0.2) is 5.65 Å². The van der Waals surface area contributed by atoms with Crippen molar-refractivity contribution in [3.05, 3.63) is 35.0 Å². The number of methoxy groups -OCH3 is 1. The van der Waals surface area contributed by atoms with E-state index in [1.54, 1.807) is 29.1 Å². The smallest absolute Gasteiger partial charge is 0.328 e. The van der Waals surface area contributed by atoms with Crippen LogP contribution >= 0.6 is 0 Å². The number of imidazole rings is 1. The molecule has 1 aliphatic carbocycles. The van der Waals surface area contributed by atoms with E-state index in [9.17, 15) is 10.1 Å². The van der Waals surface area contributed by atoms with Crippen LogP contribution in [-0.2, 0) is 0 Å². The number of anilines is 2. The van der Waals surface area contributed by atoms with E-state index >= 15 is 0 Å². The molecule has 0 aliphatic heterocycles. The summed E-state index contributed by atoms with van der Waals surface area (Å²) in [5.74, 6) is 0.551. The molecule has 0 saturated heterocycles. The van der Waals surface area contributed by atoms with Crippen molar-refractivity contribution in [2.75, 3.05) is 12.4 Å². The molecule has 0 unspecified atom stereocenters. The maximum atomic E-state index is 12.5. The van der Waals surface area contributed by atoms with Crippen molar-refractivity contribution in [2.24, 2.45) is 5.92 Å². The number of nitrogens with one attached hydrogen (secondary N) is 2. The Hall–Kier alpha value is -3.41. The van der Waals surface area contributed by atoms with Gasteiger partial charge in [0.05, 0.1) is 31.3 Å². The summed E-state index contributed by atoms with van der Waals surface area (Å²) in [6, 6.07) is 5.74. The fourth-order valence-corrected chi connectivity index (χ4v) is 3.62. The highest BCUT2D eigenvalue weighted by Crippen LogP contribution is 2.34. The Labute approximate surface area is 155 Å². The van der Waals surface area contributed by atoms with Crippen LogP contribution in [0, 0.1) is 17.2 Å². The average molecular weight is 365 g/mol. The summed E-state index contributed by atoms with van der Waals surface area (Å²) in [6.07, 6.45) is 6.77. The Bertz CT molecular complexity index is 1070. The minimum Gasteiger partial charge on any atom is -0.480 e.